The Morgan fingerprint density at radius 1 is 1.45 bits per heavy atom. The highest BCUT2D eigenvalue weighted by Gasteiger charge is 2.31. The minimum Gasteiger partial charge on any atom is -0.444 e. The van der Waals surface area contributed by atoms with Gasteiger partial charge in [-0.05, 0) is 40.5 Å². The fraction of sp³-hybridized carbons (Fsp3) is 0.714. The number of ether oxygens (including phenoxy) is 1. The second kappa shape index (κ2) is 5.83. The lowest BCUT2D eigenvalue weighted by Crippen LogP contribution is -2.53. The second-order valence-electron chi connectivity index (χ2n) is 6.39. The number of alkyl carbamates (subject to hydrolysis) is 1. The van der Waals surface area contributed by atoms with E-state index in [4.69, 9.17) is 4.74 Å². The smallest absolute Gasteiger partial charge is 0.407 e. The lowest BCUT2D eigenvalue weighted by Gasteiger charge is -2.36. The van der Waals surface area contributed by atoms with Crippen molar-refractivity contribution in [3.05, 3.63) is 17.7 Å². The van der Waals surface area contributed by atoms with Crippen molar-refractivity contribution in [2.45, 2.75) is 64.8 Å². The number of H-pyrrole nitrogens is 1. The lowest BCUT2D eigenvalue weighted by atomic mass is 9.87. The van der Waals surface area contributed by atoms with Crippen LogP contribution in [0.5, 0.6) is 0 Å². The fourth-order valence-corrected chi connectivity index (χ4v) is 2.19. The number of rotatable bonds is 4. The molecular weight excluding hydrogens is 256 g/mol. The molecule has 1 amide bonds. The van der Waals surface area contributed by atoms with Gasteiger partial charge >= 0.3 is 6.09 Å². The van der Waals surface area contributed by atoms with Gasteiger partial charge in [0.25, 0.3) is 0 Å². The van der Waals surface area contributed by atoms with Crippen molar-refractivity contribution in [2.24, 2.45) is 0 Å². The van der Waals surface area contributed by atoms with Crippen LogP contribution in [0.1, 0.15) is 45.1 Å². The molecule has 1 fully saturated rings. The van der Waals surface area contributed by atoms with Crippen molar-refractivity contribution in [2.75, 3.05) is 0 Å². The number of nitrogens with one attached hydrogen (secondary N) is 3. The van der Waals surface area contributed by atoms with E-state index in [0.717, 1.165) is 30.9 Å². The molecule has 1 aromatic rings. The average Bonchev–Trinajstić information content (AvgIpc) is 2.64. The van der Waals surface area contributed by atoms with Gasteiger partial charge in [-0.1, -0.05) is 0 Å². The molecule has 0 atom stereocenters. The van der Waals surface area contributed by atoms with Crippen LogP contribution in [0.25, 0.3) is 0 Å². The second-order valence-corrected chi connectivity index (χ2v) is 6.39. The van der Waals surface area contributed by atoms with Crippen LogP contribution in [0.15, 0.2) is 6.20 Å². The molecule has 0 saturated heterocycles. The Balaban J connectivity index is 1.61. The molecule has 1 heterocycles. The maximum atomic E-state index is 11.6. The Morgan fingerprint density at radius 3 is 2.70 bits per heavy atom. The van der Waals surface area contributed by atoms with Gasteiger partial charge in [0, 0.05) is 30.5 Å². The highest BCUT2D eigenvalue weighted by atomic mass is 16.6. The molecule has 20 heavy (non-hydrogen) atoms. The monoisotopic (exact) mass is 280 g/mol. The summed E-state index contributed by atoms with van der Waals surface area (Å²) in [7, 11) is 0. The first kappa shape index (κ1) is 14.8. The third-order valence-corrected chi connectivity index (χ3v) is 3.20. The van der Waals surface area contributed by atoms with Gasteiger partial charge in [-0.25, -0.2) is 9.78 Å². The normalized spacial score (nSPS) is 22.2. The fourth-order valence-electron chi connectivity index (χ4n) is 2.19. The molecule has 1 saturated carbocycles. The first-order valence-electron chi connectivity index (χ1n) is 7.05. The Morgan fingerprint density at radius 2 is 2.15 bits per heavy atom. The van der Waals surface area contributed by atoms with Crippen molar-refractivity contribution < 1.29 is 9.53 Å². The summed E-state index contributed by atoms with van der Waals surface area (Å²) < 4.78 is 5.23. The van der Waals surface area contributed by atoms with Crippen LogP contribution in [0.2, 0.25) is 0 Å². The van der Waals surface area contributed by atoms with Gasteiger partial charge in [0.15, 0.2) is 0 Å². The van der Waals surface area contributed by atoms with Gasteiger partial charge in [0.1, 0.15) is 11.4 Å². The molecule has 1 aromatic heterocycles. The molecule has 6 heteroatoms. The van der Waals surface area contributed by atoms with Gasteiger partial charge in [-0.2, -0.15) is 0 Å². The minimum atomic E-state index is -0.441. The SMILES string of the molecule is Cc1ncc(CNC2CC(NC(=O)OC(C)(C)C)C2)[nH]1. The first-order chi connectivity index (χ1) is 9.32. The number of amides is 1. The van der Waals surface area contributed by atoms with Crippen molar-refractivity contribution in [3.8, 4) is 0 Å². The Hall–Kier alpha value is -1.56. The van der Waals surface area contributed by atoms with Crippen molar-refractivity contribution >= 4 is 6.09 Å². The largest absolute Gasteiger partial charge is 0.444 e. The van der Waals surface area contributed by atoms with E-state index >= 15 is 0 Å². The number of aromatic amines is 1. The lowest BCUT2D eigenvalue weighted by molar-refractivity contribution is 0.0465. The molecule has 1 aliphatic rings. The molecule has 6 nitrogen and oxygen atoms in total. The zero-order chi connectivity index (χ0) is 14.8. The van der Waals surface area contributed by atoms with Gasteiger partial charge in [-0.15, -0.1) is 0 Å². The standard InChI is InChI=1S/C14H24N4O2/c1-9-15-7-12(17-9)8-16-10-5-11(6-10)18-13(19)20-14(2,3)4/h7,10-11,16H,5-6,8H2,1-4H3,(H,15,17)(H,18,19). The predicted octanol–water partition coefficient (Wildman–Crippen LogP) is 1.86. The number of carbonyl (C=O) groups excluding carboxylic acids is 1. The summed E-state index contributed by atoms with van der Waals surface area (Å²) >= 11 is 0. The van der Waals surface area contributed by atoms with E-state index in [1.807, 2.05) is 33.9 Å². The van der Waals surface area contributed by atoms with E-state index in [-0.39, 0.29) is 12.1 Å². The van der Waals surface area contributed by atoms with Gasteiger partial charge in [0.2, 0.25) is 0 Å². The average molecular weight is 280 g/mol. The number of hydrogen-bond donors (Lipinski definition) is 3. The van der Waals surface area contributed by atoms with E-state index in [1.54, 1.807) is 0 Å². The first-order valence-corrected chi connectivity index (χ1v) is 7.05. The van der Waals surface area contributed by atoms with Crippen LogP contribution >= 0.6 is 0 Å². The summed E-state index contributed by atoms with van der Waals surface area (Å²) in [4.78, 5) is 18.9. The van der Waals surface area contributed by atoms with Crippen LogP contribution in [-0.4, -0.2) is 33.7 Å². The topological polar surface area (TPSA) is 79.0 Å². The summed E-state index contributed by atoms with van der Waals surface area (Å²) in [6.07, 6.45) is 3.39. The Kier molecular flexibility index (Phi) is 4.32. The Labute approximate surface area is 119 Å². The van der Waals surface area contributed by atoms with E-state index < -0.39 is 5.60 Å². The van der Waals surface area contributed by atoms with Crippen LogP contribution in [0.4, 0.5) is 4.79 Å². The number of aryl methyl sites for hydroxylation is 1. The van der Waals surface area contributed by atoms with Gasteiger partial charge < -0.3 is 20.4 Å². The number of hydrogen-bond acceptors (Lipinski definition) is 4. The summed E-state index contributed by atoms with van der Waals surface area (Å²) in [6, 6.07) is 0.657. The molecule has 2 rings (SSSR count). The van der Waals surface area contributed by atoms with Gasteiger partial charge in [-0.3, -0.25) is 0 Å². The molecule has 1 aliphatic carbocycles. The summed E-state index contributed by atoms with van der Waals surface area (Å²) in [6.45, 7) is 8.32. The van der Waals surface area contributed by atoms with E-state index in [9.17, 15) is 4.79 Å². The Bertz CT molecular complexity index is 458. The molecule has 0 bridgehead atoms. The van der Waals surface area contributed by atoms with Crippen LogP contribution in [0.3, 0.4) is 0 Å². The van der Waals surface area contributed by atoms with Crippen molar-refractivity contribution in [1.29, 1.82) is 0 Å². The van der Waals surface area contributed by atoms with Crippen LogP contribution in [0, 0.1) is 6.92 Å². The number of nitrogens with zero attached hydrogens (tertiary/aromatic N) is 1. The predicted molar refractivity (Wildman–Crippen MR) is 76.3 cm³/mol. The number of carbonyl (C=O) groups is 1. The van der Waals surface area contributed by atoms with Gasteiger partial charge in [0.05, 0.1) is 0 Å². The van der Waals surface area contributed by atoms with Crippen molar-refractivity contribution in [1.82, 2.24) is 20.6 Å². The number of aromatic nitrogens is 2. The highest BCUT2D eigenvalue weighted by molar-refractivity contribution is 5.68. The van der Waals surface area contributed by atoms with E-state index in [1.165, 1.54) is 0 Å². The quantitative estimate of drug-likeness (QED) is 0.786. The summed E-state index contributed by atoms with van der Waals surface area (Å²) in [5, 5.41) is 6.32. The minimum absolute atomic E-state index is 0.214. The molecular formula is C14H24N4O2. The van der Waals surface area contributed by atoms with Crippen LogP contribution < -0.4 is 10.6 Å². The molecule has 0 unspecified atom stereocenters. The zero-order valence-electron chi connectivity index (χ0n) is 12.6. The maximum Gasteiger partial charge on any atom is 0.407 e. The molecule has 112 valence electrons. The maximum absolute atomic E-state index is 11.6. The number of imidazole rings is 1. The van der Waals surface area contributed by atoms with E-state index in [2.05, 4.69) is 20.6 Å². The van der Waals surface area contributed by atoms with Crippen LogP contribution in [-0.2, 0) is 11.3 Å². The third-order valence-electron chi connectivity index (χ3n) is 3.20. The highest BCUT2D eigenvalue weighted by Crippen LogP contribution is 2.21. The van der Waals surface area contributed by atoms with E-state index in [0.29, 0.717) is 6.04 Å². The summed E-state index contributed by atoms with van der Waals surface area (Å²) in [5.41, 5.74) is 0.648. The zero-order valence-corrected chi connectivity index (χ0v) is 12.6. The molecule has 0 aliphatic heterocycles. The van der Waals surface area contributed by atoms with Crippen molar-refractivity contribution in [3.63, 3.8) is 0 Å². The molecule has 0 radical (unpaired) electrons. The third kappa shape index (κ3) is 4.52. The molecule has 0 aromatic carbocycles. The molecule has 3 N–H and O–H groups in total. The molecule has 0 spiro atoms. The summed E-state index contributed by atoms with van der Waals surface area (Å²) in [5.74, 6) is 0.930.